The van der Waals surface area contributed by atoms with Crippen molar-refractivity contribution in [2.45, 2.75) is 19.4 Å². The molecule has 0 bridgehead atoms. The molecule has 1 aromatic carbocycles. The van der Waals surface area contributed by atoms with Gasteiger partial charge in [0.2, 0.25) is 5.91 Å². The minimum absolute atomic E-state index is 0.180. The van der Waals surface area contributed by atoms with Crippen molar-refractivity contribution in [3.63, 3.8) is 0 Å². The fourth-order valence-corrected chi connectivity index (χ4v) is 4.24. The summed E-state index contributed by atoms with van der Waals surface area (Å²) in [6.45, 7) is 1.72. The second kappa shape index (κ2) is 7.07. The lowest BCUT2D eigenvalue weighted by Gasteiger charge is -2.13. The topological polar surface area (TPSA) is 112 Å². The Balaban J connectivity index is 1.91. The van der Waals surface area contributed by atoms with E-state index in [4.69, 9.17) is 13.9 Å². The number of carbonyl (C=O) groups excluding carboxylic acids is 1. The third kappa shape index (κ3) is 3.82. The second-order valence-corrected chi connectivity index (χ2v) is 8.14. The molecule has 2 heterocycles. The first-order chi connectivity index (χ1) is 12.7. The molecule has 1 unspecified atom stereocenters. The second-order valence-electron chi connectivity index (χ2n) is 6.21. The molecular weight excluding hydrogens is 374 g/mol. The van der Waals surface area contributed by atoms with Gasteiger partial charge < -0.3 is 19.2 Å². The number of benzene rings is 1. The van der Waals surface area contributed by atoms with E-state index in [2.05, 4.69) is 5.32 Å². The molecular formula is C18H19NO7S. The van der Waals surface area contributed by atoms with Crippen LogP contribution >= 0.6 is 0 Å². The number of amides is 1. The van der Waals surface area contributed by atoms with Crippen LogP contribution in [0.4, 0.5) is 0 Å². The lowest BCUT2D eigenvalue weighted by atomic mass is 10.0. The molecule has 0 aliphatic carbocycles. The quantitative estimate of drug-likeness (QED) is 0.757. The zero-order valence-electron chi connectivity index (χ0n) is 15.1. The van der Waals surface area contributed by atoms with Gasteiger partial charge in [0.05, 0.1) is 38.0 Å². The smallest absolute Gasteiger partial charge is 0.340 e. The van der Waals surface area contributed by atoms with Crippen molar-refractivity contribution in [2.24, 2.45) is 0 Å². The molecule has 27 heavy (non-hydrogen) atoms. The van der Waals surface area contributed by atoms with Crippen LogP contribution in [0.25, 0.3) is 11.0 Å². The number of aryl methyl sites for hydroxylation is 1. The van der Waals surface area contributed by atoms with E-state index in [1.165, 1.54) is 20.3 Å². The molecule has 8 nitrogen and oxygen atoms in total. The summed E-state index contributed by atoms with van der Waals surface area (Å²) in [5, 5.41) is 4.30. The lowest BCUT2D eigenvalue weighted by Crippen LogP contribution is -2.37. The van der Waals surface area contributed by atoms with E-state index < -0.39 is 27.4 Å². The number of rotatable bonds is 5. The van der Waals surface area contributed by atoms with E-state index in [1.807, 2.05) is 0 Å². The van der Waals surface area contributed by atoms with Gasteiger partial charge in [-0.1, -0.05) is 0 Å². The van der Waals surface area contributed by atoms with Crippen LogP contribution in [0.1, 0.15) is 11.1 Å². The number of sulfone groups is 1. The molecule has 1 aliphatic heterocycles. The summed E-state index contributed by atoms with van der Waals surface area (Å²) in [4.78, 5) is 24.6. The van der Waals surface area contributed by atoms with Gasteiger partial charge in [-0.25, -0.2) is 13.2 Å². The molecule has 1 aliphatic rings. The van der Waals surface area contributed by atoms with E-state index in [1.54, 1.807) is 19.1 Å². The maximum absolute atomic E-state index is 12.4. The molecule has 0 radical (unpaired) electrons. The highest BCUT2D eigenvalue weighted by atomic mass is 32.2. The Morgan fingerprint density at radius 3 is 2.52 bits per heavy atom. The molecule has 1 amide bonds. The van der Waals surface area contributed by atoms with E-state index in [9.17, 15) is 18.0 Å². The van der Waals surface area contributed by atoms with E-state index in [-0.39, 0.29) is 17.7 Å². The molecule has 0 spiro atoms. The number of carbonyl (C=O) groups is 1. The summed E-state index contributed by atoms with van der Waals surface area (Å²) >= 11 is 0. The normalized spacial score (nSPS) is 17.8. The Hall–Kier alpha value is -2.81. The van der Waals surface area contributed by atoms with E-state index in [0.29, 0.717) is 28.0 Å². The number of fused-ring (bicyclic) bond motifs is 1. The van der Waals surface area contributed by atoms with Crippen molar-refractivity contribution in [1.29, 1.82) is 0 Å². The third-order valence-electron chi connectivity index (χ3n) is 4.41. The number of hydrogen-bond acceptors (Lipinski definition) is 7. The van der Waals surface area contributed by atoms with Crippen molar-refractivity contribution < 1.29 is 27.1 Å². The molecule has 144 valence electrons. The van der Waals surface area contributed by atoms with Crippen LogP contribution in [-0.2, 0) is 21.1 Å². The van der Waals surface area contributed by atoms with Gasteiger partial charge in [0.1, 0.15) is 5.58 Å². The van der Waals surface area contributed by atoms with Gasteiger partial charge in [0.25, 0.3) is 0 Å². The Kier molecular flexibility index (Phi) is 4.97. The zero-order valence-corrected chi connectivity index (χ0v) is 15.9. The molecule has 2 aromatic rings. The Morgan fingerprint density at radius 1 is 1.26 bits per heavy atom. The molecule has 0 saturated heterocycles. The van der Waals surface area contributed by atoms with Crippen LogP contribution in [0.15, 0.2) is 32.8 Å². The third-order valence-corrected chi connectivity index (χ3v) is 5.80. The molecule has 0 saturated carbocycles. The highest BCUT2D eigenvalue weighted by Gasteiger charge is 2.24. The predicted octanol–water partition coefficient (Wildman–Crippen LogP) is 1.09. The lowest BCUT2D eigenvalue weighted by molar-refractivity contribution is -0.120. The first-order valence-electron chi connectivity index (χ1n) is 8.12. The first kappa shape index (κ1) is 19.0. The highest BCUT2D eigenvalue weighted by molar-refractivity contribution is 7.94. The molecule has 9 heteroatoms. The first-order valence-corrected chi connectivity index (χ1v) is 9.84. The van der Waals surface area contributed by atoms with Crippen LogP contribution in [0.2, 0.25) is 0 Å². The fraction of sp³-hybridized carbons (Fsp3) is 0.333. The van der Waals surface area contributed by atoms with Gasteiger partial charge in [-0.3, -0.25) is 4.79 Å². The van der Waals surface area contributed by atoms with Crippen molar-refractivity contribution >= 4 is 26.7 Å². The number of hydrogen-bond donors (Lipinski definition) is 1. The summed E-state index contributed by atoms with van der Waals surface area (Å²) in [7, 11) is -0.302. The largest absolute Gasteiger partial charge is 0.493 e. The van der Waals surface area contributed by atoms with E-state index >= 15 is 0 Å². The Labute approximate surface area is 155 Å². The number of methoxy groups -OCH3 is 2. The summed E-state index contributed by atoms with van der Waals surface area (Å²) in [6.07, 6.45) is 1.20. The van der Waals surface area contributed by atoms with Crippen molar-refractivity contribution in [2.75, 3.05) is 20.0 Å². The van der Waals surface area contributed by atoms with Gasteiger partial charge in [-0.2, -0.15) is 0 Å². The standard InChI is InChI=1S/C18H19NO7S/c1-10-12-6-15(24-2)16(25-3)8-14(12)26-18(21)13(10)7-17(20)19-11-4-5-27(22,23)9-11/h4-6,8,11H,7,9H2,1-3H3,(H,19,20). The van der Waals surface area contributed by atoms with Crippen LogP contribution < -0.4 is 20.4 Å². The minimum Gasteiger partial charge on any atom is -0.493 e. The number of ether oxygens (including phenoxy) is 2. The SMILES string of the molecule is COc1cc2oc(=O)c(CC(=O)NC3C=CS(=O)(=O)C3)c(C)c2cc1OC. The maximum atomic E-state index is 12.4. The molecule has 0 fully saturated rings. The molecule has 1 atom stereocenters. The fourth-order valence-electron chi connectivity index (χ4n) is 3.00. The van der Waals surface area contributed by atoms with Gasteiger partial charge >= 0.3 is 5.63 Å². The monoisotopic (exact) mass is 393 g/mol. The summed E-state index contributed by atoms with van der Waals surface area (Å²) in [5.41, 5.74) is 0.491. The average Bonchev–Trinajstić information content (AvgIpc) is 2.95. The van der Waals surface area contributed by atoms with Crippen LogP contribution in [-0.4, -0.2) is 40.3 Å². The van der Waals surface area contributed by atoms with Gasteiger partial charge in [0.15, 0.2) is 21.3 Å². The average molecular weight is 393 g/mol. The minimum atomic E-state index is -3.27. The Bertz CT molecular complexity index is 1100. The molecule has 3 rings (SSSR count). The van der Waals surface area contributed by atoms with Gasteiger partial charge in [0, 0.05) is 16.9 Å². The van der Waals surface area contributed by atoms with Crippen LogP contribution in [0, 0.1) is 6.92 Å². The Morgan fingerprint density at radius 2 is 1.93 bits per heavy atom. The summed E-state index contributed by atoms with van der Waals surface area (Å²) < 4.78 is 38.7. The zero-order chi connectivity index (χ0) is 19.8. The summed E-state index contributed by atoms with van der Waals surface area (Å²) in [6, 6.07) is 2.64. The van der Waals surface area contributed by atoms with Crippen molar-refractivity contribution in [3.05, 3.63) is 45.2 Å². The van der Waals surface area contributed by atoms with Gasteiger partial charge in [-0.05, 0) is 24.6 Å². The van der Waals surface area contributed by atoms with Gasteiger partial charge in [-0.15, -0.1) is 0 Å². The predicted molar refractivity (Wildman–Crippen MR) is 98.9 cm³/mol. The van der Waals surface area contributed by atoms with Crippen LogP contribution in [0.3, 0.4) is 0 Å². The highest BCUT2D eigenvalue weighted by Crippen LogP contribution is 2.33. The van der Waals surface area contributed by atoms with Crippen molar-refractivity contribution in [3.8, 4) is 11.5 Å². The maximum Gasteiger partial charge on any atom is 0.340 e. The summed E-state index contributed by atoms with van der Waals surface area (Å²) in [5.74, 6) is 0.254. The molecule has 1 N–H and O–H groups in total. The van der Waals surface area contributed by atoms with Crippen molar-refractivity contribution in [1.82, 2.24) is 5.32 Å². The van der Waals surface area contributed by atoms with Crippen LogP contribution in [0.5, 0.6) is 11.5 Å². The number of nitrogens with one attached hydrogen (secondary N) is 1. The molecule has 1 aromatic heterocycles. The van der Waals surface area contributed by atoms with E-state index in [0.717, 1.165) is 5.41 Å².